The van der Waals surface area contributed by atoms with Crippen molar-refractivity contribution in [3.05, 3.63) is 29.8 Å². The Balaban J connectivity index is 1.97. The van der Waals surface area contributed by atoms with Crippen LogP contribution in [0.3, 0.4) is 0 Å². The molecule has 0 spiro atoms. The highest BCUT2D eigenvalue weighted by Crippen LogP contribution is 2.21. The SMILES string of the molecule is CC1(C)CN(C(=O)COc2ccccc2C#N)CCS1=O. The van der Waals surface area contributed by atoms with Crippen molar-refractivity contribution in [2.75, 3.05) is 25.4 Å². The molecule has 1 amide bonds. The number of rotatable bonds is 3. The Morgan fingerprint density at radius 3 is 2.86 bits per heavy atom. The summed E-state index contributed by atoms with van der Waals surface area (Å²) in [5.74, 6) is 0.758. The zero-order valence-electron chi connectivity index (χ0n) is 12.2. The fraction of sp³-hybridized carbons (Fsp3) is 0.467. The van der Waals surface area contributed by atoms with E-state index in [1.165, 1.54) is 0 Å². The number of ether oxygens (including phenoxy) is 1. The molecule has 0 radical (unpaired) electrons. The smallest absolute Gasteiger partial charge is 0.260 e. The van der Waals surface area contributed by atoms with Gasteiger partial charge < -0.3 is 9.64 Å². The molecular formula is C15H18N2O3S. The van der Waals surface area contributed by atoms with Crippen LogP contribution in [0.5, 0.6) is 5.75 Å². The lowest BCUT2D eigenvalue weighted by molar-refractivity contribution is -0.133. The van der Waals surface area contributed by atoms with Crippen LogP contribution in [0, 0.1) is 11.3 Å². The number of para-hydroxylation sites is 1. The third-order valence-electron chi connectivity index (χ3n) is 3.45. The van der Waals surface area contributed by atoms with Crippen molar-refractivity contribution in [1.29, 1.82) is 5.26 Å². The normalized spacial score (nSPS) is 20.6. The van der Waals surface area contributed by atoms with Crippen LogP contribution in [0.25, 0.3) is 0 Å². The van der Waals surface area contributed by atoms with E-state index in [4.69, 9.17) is 10.00 Å². The summed E-state index contributed by atoms with van der Waals surface area (Å²) < 4.78 is 16.9. The van der Waals surface area contributed by atoms with Crippen LogP contribution in [0.4, 0.5) is 0 Å². The van der Waals surface area contributed by atoms with Gasteiger partial charge in [0.2, 0.25) is 0 Å². The van der Waals surface area contributed by atoms with Gasteiger partial charge in [0, 0.05) is 29.6 Å². The molecule has 0 saturated carbocycles. The number of amides is 1. The number of nitrogens with zero attached hydrogens (tertiary/aromatic N) is 2. The molecule has 0 bridgehead atoms. The van der Waals surface area contributed by atoms with Crippen LogP contribution in [0.2, 0.25) is 0 Å². The van der Waals surface area contributed by atoms with E-state index in [0.29, 0.717) is 30.2 Å². The highest BCUT2D eigenvalue weighted by Gasteiger charge is 2.35. The van der Waals surface area contributed by atoms with Crippen LogP contribution in [-0.4, -0.2) is 45.2 Å². The molecule has 1 heterocycles. The third-order valence-corrected chi connectivity index (χ3v) is 5.36. The lowest BCUT2D eigenvalue weighted by atomic mass is 10.2. The molecular weight excluding hydrogens is 288 g/mol. The first-order valence-electron chi connectivity index (χ1n) is 6.72. The minimum absolute atomic E-state index is 0.110. The van der Waals surface area contributed by atoms with Crippen LogP contribution in [0.1, 0.15) is 19.4 Å². The monoisotopic (exact) mass is 306 g/mol. The van der Waals surface area contributed by atoms with Crippen molar-refractivity contribution in [3.63, 3.8) is 0 Å². The van der Waals surface area contributed by atoms with E-state index < -0.39 is 15.5 Å². The molecule has 1 atom stereocenters. The van der Waals surface area contributed by atoms with Crippen LogP contribution in [-0.2, 0) is 15.6 Å². The summed E-state index contributed by atoms with van der Waals surface area (Å²) in [6.07, 6.45) is 0. The van der Waals surface area contributed by atoms with E-state index in [1.807, 2.05) is 19.9 Å². The minimum atomic E-state index is -0.911. The summed E-state index contributed by atoms with van der Waals surface area (Å²) in [5, 5.41) is 8.97. The molecule has 0 aliphatic carbocycles. The first-order valence-corrected chi connectivity index (χ1v) is 8.04. The second kappa shape index (κ2) is 6.27. The lowest BCUT2D eigenvalue weighted by Gasteiger charge is -2.37. The standard InChI is InChI=1S/C15H18N2O3S/c1-15(2)11-17(7-8-21(15)19)14(18)10-20-13-6-4-3-5-12(13)9-16/h3-6H,7-8,10-11H2,1-2H3. The van der Waals surface area contributed by atoms with Gasteiger partial charge in [-0.15, -0.1) is 0 Å². The number of hydrogen-bond acceptors (Lipinski definition) is 4. The topological polar surface area (TPSA) is 70.4 Å². The van der Waals surface area contributed by atoms with Crippen molar-refractivity contribution in [2.24, 2.45) is 0 Å². The minimum Gasteiger partial charge on any atom is -0.482 e. The maximum atomic E-state index is 12.2. The molecule has 112 valence electrons. The van der Waals surface area contributed by atoms with Gasteiger partial charge >= 0.3 is 0 Å². The summed E-state index contributed by atoms with van der Waals surface area (Å²) in [5.41, 5.74) is 0.408. The van der Waals surface area contributed by atoms with Gasteiger partial charge in [-0.25, -0.2) is 0 Å². The van der Waals surface area contributed by atoms with Gasteiger partial charge in [0.05, 0.1) is 10.3 Å². The average molecular weight is 306 g/mol. The van der Waals surface area contributed by atoms with Gasteiger partial charge in [0.25, 0.3) is 5.91 Å². The number of carbonyl (C=O) groups is 1. The Morgan fingerprint density at radius 1 is 1.48 bits per heavy atom. The van der Waals surface area contributed by atoms with Crippen LogP contribution < -0.4 is 4.74 Å². The predicted molar refractivity (Wildman–Crippen MR) is 80.3 cm³/mol. The van der Waals surface area contributed by atoms with E-state index in [1.54, 1.807) is 29.2 Å². The molecule has 1 aliphatic heterocycles. The molecule has 1 aromatic carbocycles. The number of hydrogen-bond donors (Lipinski definition) is 0. The number of nitriles is 1. The van der Waals surface area contributed by atoms with E-state index in [0.717, 1.165) is 0 Å². The zero-order chi connectivity index (χ0) is 15.5. The first kappa shape index (κ1) is 15.5. The van der Waals surface area contributed by atoms with Crippen molar-refractivity contribution < 1.29 is 13.7 Å². The summed E-state index contributed by atoms with van der Waals surface area (Å²) in [7, 11) is -0.911. The maximum absolute atomic E-state index is 12.2. The summed E-state index contributed by atoms with van der Waals surface area (Å²) in [6.45, 7) is 4.63. The predicted octanol–water partition coefficient (Wildman–Crippen LogP) is 1.31. The summed E-state index contributed by atoms with van der Waals surface area (Å²) in [4.78, 5) is 13.9. The molecule has 1 fully saturated rings. The fourth-order valence-electron chi connectivity index (χ4n) is 2.21. The van der Waals surface area contributed by atoms with Crippen molar-refractivity contribution in [1.82, 2.24) is 4.90 Å². The van der Waals surface area contributed by atoms with Crippen molar-refractivity contribution in [2.45, 2.75) is 18.6 Å². The zero-order valence-corrected chi connectivity index (χ0v) is 13.0. The summed E-state index contributed by atoms with van der Waals surface area (Å²) >= 11 is 0. The molecule has 1 aliphatic rings. The van der Waals surface area contributed by atoms with E-state index >= 15 is 0 Å². The molecule has 5 nitrogen and oxygen atoms in total. The Hall–Kier alpha value is -1.87. The fourth-order valence-corrected chi connectivity index (χ4v) is 3.45. The maximum Gasteiger partial charge on any atom is 0.260 e. The molecule has 1 saturated heterocycles. The lowest BCUT2D eigenvalue weighted by Crippen LogP contribution is -2.53. The Bertz CT molecular complexity index is 607. The van der Waals surface area contributed by atoms with E-state index in [2.05, 4.69) is 0 Å². The first-order chi connectivity index (χ1) is 9.94. The molecule has 1 aromatic rings. The quantitative estimate of drug-likeness (QED) is 0.844. The molecule has 1 unspecified atom stereocenters. The Labute approximate surface area is 127 Å². The van der Waals surface area contributed by atoms with Gasteiger partial charge in [0.1, 0.15) is 11.8 Å². The summed E-state index contributed by atoms with van der Waals surface area (Å²) in [6, 6.07) is 8.84. The number of carbonyl (C=O) groups excluding carboxylic acids is 1. The highest BCUT2D eigenvalue weighted by molar-refractivity contribution is 7.86. The molecule has 21 heavy (non-hydrogen) atoms. The number of benzene rings is 1. The largest absolute Gasteiger partial charge is 0.482 e. The second-order valence-electron chi connectivity index (χ2n) is 5.52. The highest BCUT2D eigenvalue weighted by atomic mass is 32.2. The van der Waals surface area contributed by atoms with E-state index in [-0.39, 0.29) is 12.5 Å². The van der Waals surface area contributed by atoms with Gasteiger partial charge in [-0.05, 0) is 26.0 Å². The third kappa shape index (κ3) is 3.61. The average Bonchev–Trinajstić information content (AvgIpc) is 2.47. The molecule has 0 aromatic heterocycles. The molecule has 6 heteroatoms. The Kier molecular flexibility index (Phi) is 4.63. The van der Waals surface area contributed by atoms with Crippen LogP contribution >= 0.6 is 0 Å². The molecule has 2 rings (SSSR count). The van der Waals surface area contributed by atoms with Crippen molar-refractivity contribution >= 4 is 16.7 Å². The van der Waals surface area contributed by atoms with Gasteiger partial charge in [-0.2, -0.15) is 5.26 Å². The second-order valence-corrected chi connectivity index (χ2v) is 7.73. The van der Waals surface area contributed by atoms with E-state index in [9.17, 15) is 9.00 Å². The van der Waals surface area contributed by atoms with Gasteiger partial charge in [0.15, 0.2) is 6.61 Å². The van der Waals surface area contributed by atoms with Crippen molar-refractivity contribution in [3.8, 4) is 11.8 Å². The van der Waals surface area contributed by atoms with Crippen LogP contribution in [0.15, 0.2) is 24.3 Å². The van der Waals surface area contributed by atoms with Gasteiger partial charge in [-0.1, -0.05) is 12.1 Å². The molecule has 0 N–H and O–H groups in total. The Morgan fingerprint density at radius 2 is 2.19 bits per heavy atom. The van der Waals surface area contributed by atoms with Gasteiger partial charge in [-0.3, -0.25) is 9.00 Å².